The molecule has 0 aliphatic carbocycles. The van der Waals surface area contributed by atoms with E-state index in [1.807, 2.05) is 11.8 Å². The van der Waals surface area contributed by atoms with E-state index in [9.17, 15) is 14.7 Å². The number of amides is 2. The van der Waals surface area contributed by atoms with Crippen molar-refractivity contribution in [2.45, 2.75) is 44.6 Å². The Balaban J connectivity index is 1.90. The van der Waals surface area contributed by atoms with Crippen LogP contribution >= 0.6 is 11.8 Å². The van der Waals surface area contributed by atoms with E-state index in [0.717, 1.165) is 37.2 Å². The van der Waals surface area contributed by atoms with Crippen molar-refractivity contribution < 1.29 is 14.7 Å². The van der Waals surface area contributed by atoms with Crippen LogP contribution in [-0.4, -0.2) is 52.1 Å². The third-order valence-electron chi connectivity index (χ3n) is 4.48. The summed E-state index contributed by atoms with van der Waals surface area (Å²) in [4.78, 5) is 25.3. The second-order valence-corrected chi connectivity index (χ2v) is 7.15. The van der Waals surface area contributed by atoms with Crippen LogP contribution in [0, 0.1) is 5.92 Å². The van der Waals surface area contributed by atoms with Crippen molar-refractivity contribution in [3.63, 3.8) is 0 Å². The van der Waals surface area contributed by atoms with Crippen molar-refractivity contribution in [3.05, 3.63) is 0 Å². The molecule has 0 aromatic rings. The van der Waals surface area contributed by atoms with E-state index in [2.05, 4.69) is 5.32 Å². The van der Waals surface area contributed by atoms with Gasteiger partial charge in [-0.3, -0.25) is 0 Å². The fourth-order valence-corrected chi connectivity index (χ4v) is 4.15. The number of carboxylic acids is 1. The van der Waals surface area contributed by atoms with Crippen LogP contribution in [0.5, 0.6) is 0 Å². The Morgan fingerprint density at radius 3 is 2.70 bits per heavy atom. The van der Waals surface area contributed by atoms with Crippen molar-refractivity contribution >= 4 is 23.8 Å². The second kappa shape index (κ2) is 6.70. The van der Waals surface area contributed by atoms with E-state index in [-0.39, 0.29) is 6.03 Å². The van der Waals surface area contributed by atoms with Gasteiger partial charge in [0.1, 0.15) is 5.54 Å². The van der Waals surface area contributed by atoms with Gasteiger partial charge in [0.15, 0.2) is 0 Å². The van der Waals surface area contributed by atoms with Crippen LogP contribution in [0.25, 0.3) is 0 Å². The zero-order valence-electron chi connectivity index (χ0n) is 12.1. The summed E-state index contributed by atoms with van der Waals surface area (Å²) >= 11 is 1.96. The zero-order chi connectivity index (χ0) is 14.6. The zero-order valence-corrected chi connectivity index (χ0v) is 12.9. The van der Waals surface area contributed by atoms with Gasteiger partial charge >= 0.3 is 12.0 Å². The van der Waals surface area contributed by atoms with Crippen LogP contribution in [0.1, 0.15) is 39.0 Å². The highest BCUT2D eigenvalue weighted by atomic mass is 32.2. The molecule has 0 aromatic carbocycles. The number of hydrogen-bond acceptors (Lipinski definition) is 3. The molecule has 2 N–H and O–H groups in total. The van der Waals surface area contributed by atoms with Gasteiger partial charge in [0.05, 0.1) is 0 Å². The second-order valence-electron chi connectivity index (χ2n) is 5.93. The number of hydrogen-bond donors (Lipinski definition) is 2. The lowest BCUT2D eigenvalue weighted by Gasteiger charge is -2.41. The largest absolute Gasteiger partial charge is 0.480 e. The molecule has 2 aliphatic rings. The summed E-state index contributed by atoms with van der Waals surface area (Å²) in [6.07, 6.45) is 4.57. The fraction of sp³-hybridized carbons (Fsp3) is 0.857. The minimum Gasteiger partial charge on any atom is -0.480 e. The van der Waals surface area contributed by atoms with Gasteiger partial charge in [-0.2, -0.15) is 11.8 Å². The monoisotopic (exact) mass is 300 g/mol. The molecule has 0 saturated carbocycles. The number of carbonyl (C=O) groups is 2. The van der Waals surface area contributed by atoms with E-state index in [1.165, 1.54) is 4.90 Å². The highest BCUT2D eigenvalue weighted by molar-refractivity contribution is 7.99. The Labute approximate surface area is 124 Å². The molecular weight excluding hydrogens is 276 g/mol. The molecule has 5 nitrogen and oxygen atoms in total. The predicted octanol–water partition coefficient (Wildman–Crippen LogP) is 2.17. The number of nitrogens with one attached hydrogen (secondary N) is 1. The Morgan fingerprint density at radius 2 is 2.05 bits per heavy atom. The van der Waals surface area contributed by atoms with Gasteiger partial charge in [-0.05, 0) is 56.5 Å². The molecule has 20 heavy (non-hydrogen) atoms. The first kappa shape index (κ1) is 15.5. The van der Waals surface area contributed by atoms with Gasteiger partial charge in [-0.15, -0.1) is 0 Å². The highest BCUT2D eigenvalue weighted by Crippen LogP contribution is 2.28. The molecule has 2 fully saturated rings. The minimum absolute atomic E-state index is 0.215. The standard InChI is InChI=1S/C14H24N2O3S/c1-14(12(17)18)6-2-3-7-16(14)13(19)15-10-11-4-8-20-9-5-11/h11H,2-10H2,1H3,(H,15,19)(H,17,18). The molecular formula is C14H24N2O3S. The summed E-state index contributed by atoms with van der Waals surface area (Å²) in [5.41, 5.74) is -1.05. The lowest BCUT2D eigenvalue weighted by atomic mass is 9.89. The Bertz CT molecular complexity index is 371. The van der Waals surface area contributed by atoms with Gasteiger partial charge in [-0.1, -0.05) is 0 Å². The Kier molecular flexibility index (Phi) is 5.18. The normalized spacial score (nSPS) is 28.1. The summed E-state index contributed by atoms with van der Waals surface area (Å²) in [5, 5.41) is 12.4. The Morgan fingerprint density at radius 1 is 1.35 bits per heavy atom. The van der Waals surface area contributed by atoms with Crippen molar-refractivity contribution in [2.75, 3.05) is 24.6 Å². The van der Waals surface area contributed by atoms with Gasteiger partial charge < -0.3 is 15.3 Å². The number of urea groups is 1. The number of aliphatic carboxylic acids is 1. The molecule has 0 spiro atoms. The van der Waals surface area contributed by atoms with Gasteiger partial charge in [0.2, 0.25) is 0 Å². The number of piperidine rings is 1. The van der Waals surface area contributed by atoms with Crippen LogP contribution in [0.2, 0.25) is 0 Å². The first-order valence-corrected chi connectivity index (χ1v) is 8.56. The lowest BCUT2D eigenvalue weighted by Crippen LogP contribution is -2.60. The van der Waals surface area contributed by atoms with Gasteiger partial charge in [-0.25, -0.2) is 9.59 Å². The predicted molar refractivity (Wildman–Crippen MR) is 80.0 cm³/mol. The maximum absolute atomic E-state index is 12.3. The van der Waals surface area contributed by atoms with Crippen LogP contribution in [-0.2, 0) is 4.79 Å². The van der Waals surface area contributed by atoms with E-state index < -0.39 is 11.5 Å². The maximum Gasteiger partial charge on any atom is 0.329 e. The van der Waals surface area contributed by atoms with Crippen molar-refractivity contribution in [2.24, 2.45) is 5.92 Å². The average Bonchev–Trinajstić information content (AvgIpc) is 2.46. The van der Waals surface area contributed by atoms with Crippen LogP contribution in [0.15, 0.2) is 0 Å². The summed E-state index contributed by atoms with van der Waals surface area (Å²) in [5.74, 6) is 1.97. The molecule has 0 radical (unpaired) electrons. The molecule has 1 unspecified atom stereocenters. The molecule has 0 aromatic heterocycles. The van der Waals surface area contributed by atoms with Crippen LogP contribution < -0.4 is 5.32 Å². The third-order valence-corrected chi connectivity index (χ3v) is 5.53. The first-order valence-electron chi connectivity index (χ1n) is 7.40. The molecule has 2 amide bonds. The summed E-state index contributed by atoms with van der Waals surface area (Å²) < 4.78 is 0. The molecule has 0 bridgehead atoms. The molecule has 1 atom stereocenters. The third kappa shape index (κ3) is 3.40. The molecule has 2 saturated heterocycles. The van der Waals surface area contributed by atoms with Crippen LogP contribution in [0.4, 0.5) is 4.79 Å². The number of thioether (sulfide) groups is 1. The van der Waals surface area contributed by atoms with E-state index in [0.29, 0.717) is 25.4 Å². The van der Waals surface area contributed by atoms with Crippen LogP contribution in [0.3, 0.4) is 0 Å². The van der Waals surface area contributed by atoms with E-state index in [1.54, 1.807) is 6.92 Å². The number of likely N-dealkylation sites (tertiary alicyclic amines) is 1. The van der Waals surface area contributed by atoms with Crippen molar-refractivity contribution in [3.8, 4) is 0 Å². The maximum atomic E-state index is 12.3. The number of carboxylic acid groups (broad SMARTS) is 1. The summed E-state index contributed by atoms with van der Waals surface area (Å²) in [7, 11) is 0. The molecule has 114 valence electrons. The molecule has 6 heteroatoms. The summed E-state index contributed by atoms with van der Waals surface area (Å²) in [6, 6.07) is -0.215. The lowest BCUT2D eigenvalue weighted by molar-refractivity contribution is -0.150. The smallest absolute Gasteiger partial charge is 0.329 e. The quantitative estimate of drug-likeness (QED) is 0.838. The van der Waals surface area contributed by atoms with Crippen molar-refractivity contribution in [1.82, 2.24) is 10.2 Å². The van der Waals surface area contributed by atoms with E-state index in [4.69, 9.17) is 0 Å². The van der Waals surface area contributed by atoms with E-state index >= 15 is 0 Å². The number of rotatable bonds is 3. The first-order chi connectivity index (χ1) is 9.54. The average molecular weight is 300 g/mol. The van der Waals surface area contributed by atoms with Gasteiger partial charge in [0.25, 0.3) is 0 Å². The van der Waals surface area contributed by atoms with Crippen molar-refractivity contribution in [1.29, 1.82) is 0 Å². The molecule has 2 heterocycles. The molecule has 2 aliphatic heterocycles. The highest BCUT2D eigenvalue weighted by Gasteiger charge is 2.43. The minimum atomic E-state index is -1.05. The summed E-state index contributed by atoms with van der Waals surface area (Å²) in [6.45, 7) is 2.87. The SMILES string of the molecule is CC1(C(=O)O)CCCCN1C(=O)NCC1CCSCC1. The fourth-order valence-electron chi connectivity index (χ4n) is 2.95. The number of nitrogens with zero attached hydrogens (tertiary/aromatic N) is 1. The molecule has 2 rings (SSSR count). The van der Waals surface area contributed by atoms with Gasteiger partial charge in [0, 0.05) is 13.1 Å². The Hall–Kier alpha value is -0.910. The topological polar surface area (TPSA) is 69.6 Å². The number of carbonyl (C=O) groups excluding carboxylic acids is 1.